The molecule has 0 bridgehead atoms. The number of anilines is 1. The van der Waals surface area contributed by atoms with Gasteiger partial charge in [0.25, 0.3) is 5.91 Å². The van der Waals surface area contributed by atoms with Crippen LogP contribution in [0.2, 0.25) is 5.02 Å². The van der Waals surface area contributed by atoms with Crippen molar-refractivity contribution in [2.24, 2.45) is 0 Å². The van der Waals surface area contributed by atoms with Crippen molar-refractivity contribution in [1.29, 1.82) is 0 Å². The molecule has 1 heterocycles. The van der Waals surface area contributed by atoms with Crippen LogP contribution in [0.5, 0.6) is 0 Å². The summed E-state index contributed by atoms with van der Waals surface area (Å²) in [6.45, 7) is 1.01. The summed E-state index contributed by atoms with van der Waals surface area (Å²) >= 11 is 6.17. The van der Waals surface area contributed by atoms with E-state index in [0.717, 1.165) is 16.8 Å². The van der Waals surface area contributed by atoms with E-state index < -0.39 is 5.97 Å². The van der Waals surface area contributed by atoms with Crippen LogP contribution >= 0.6 is 11.6 Å². The van der Waals surface area contributed by atoms with Gasteiger partial charge in [-0.15, -0.1) is 0 Å². The highest BCUT2D eigenvalue weighted by Gasteiger charge is 2.18. The first-order chi connectivity index (χ1) is 11.1. The molecule has 0 radical (unpaired) electrons. The Kier molecular flexibility index (Phi) is 4.21. The van der Waals surface area contributed by atoms with Gasteiger partial charge in [-0.05, 0) is 41.5 Å². The highest BCUT2D eigenvalue weighted by Crippen LogP contribution is 2.23. The molecule has 0 aromatic heterocycles. The molecule has 2 N–H and O–H groups in total. The number of rotatable bonds is 4. The standard InChI is InChI=1S/C17H15ClN2O3/c1-23-17(22)10-3-5-15(18)12(6-10)9-19-13-4-2-11-8-20-16(21)14(11)7-13/h2-7,19H,8-9H2,1H3,(H,20,21). The first kappa shape index (κ1) is 15.4. The topological polar surface area (TPSA) is 67.4 Å². The van der Waals surface area contributed by atoms with Gasteiger partial charge in [0, 0.05) is 29.4 Å². The maximum absolute atomic E-state index is 11.7. The number of methoxy groups -OCH3 is 1. The van der Waals surface area contributed by atoms with Gasteiger partial charge in [0.15, 0.2) is 0 Å². The Balaban J connectivity index is 1.77. The van der Waals surface area contributed by atoms with E-state index in [4.69, 9.17) is 16.3 Å². The molecule has 0 aliphatic carbocycles. The predicted octanol–water partition coefficient (Wildman–Crippen LogP) is 2.98. The molecule has 118 valence electrons. The van der Waals surface area contributed by atoms with Gasteiger partial charge in [0.05, 0.1) is 12.7 Å². The van der Waals surface area contributed by atoms with E-state index in [1.165, 1.54) is 7.11 Å². The zero-order valence-corrected chi connectivity index (χ0v) is 13.2. The van der Waals surface area contributed by atoms with Gasteiger partial charge in [-0.3, -0.25) is 4.79 Å². The summed E-state index contributed by atoms with van der Waals surface area (Å²) in [5.74, 6) is -0.466. The maximum Gasteiger partial charge on any atom is 0.337 e. The summed E-state index contributed by atoms with van der Waals surface area (Å²) < 4.78 is 4.71. The lowest BCUT2D eigenvalue weighted by atomic mass is 10.1. The summed E-state index contributed by atoms with van der Waals surface area (Å²) in [4.78, 5) is 23.3. The van der Waals surface area contributed by atoms with E-state index in [1.807, 2.05) is 18.2 Å². The van der Waals surface area contributed by atoms with Crippen molar-refractivity contribution < 1.29 is 14.3 Å². The SMILES string of the molecule is COC(=O)c1ccc(Cl)c(CNc2ccc3c(c2)C(=O)NC3)c1. The first-order valence-electron chi connectivity index (χ1n) is 7.10. The molecule has 2 aromatic rings. The number of carbonyl (C=O) groups is 2. The average Bonchev–Trinajstić information content (AvgIpc) is 2.94. The molecule has 0 saturated heterocycles. The minimum Gasteiger partial charge on any atom is -0.465 e. The monoisotopic (exact) mass is 330 g/mol. The van der Waals surface area contributed by atoms with Gasteiger partial charge in [-0.2, -0.15) is 0 Å². The van der Waals surface area contributed by atoms with E-state index in [-0.39, 0.29) is 5.91 Å². The van der Waals surface area contributed by atoms with Crippen molar-refractivity contribution in [1.82, 2.24) is 5.32 Å². The fraction of sp³-hybridized carbons (Fsp3) is 0.176. The highest BCUT2D eigenvalue weighted by molar-refractivity contribution is 6.31. The number of carbonyl (C=O) groups excluding carboxylic acids is 2. The number of hydrogen-bond acceptors (Lipinski definition) is 4. The van der Waals surface area contributed by atoms with Crippen LogP contribution < -0.4 is 10.6 Å². The Morgan fingerprint density at radius 3 is 2.91 bits per heavy atom. The number of halogens is 1. The minimum absolute atomic E-state index is 0.0608. The molecule has 0 saturated carbocycles. The number of amides is 1. The fourth-order valence-electron chi connectivity index (χ4n) is 2.47. The summed E-state index contributed by atoms with van der Waals surface area (Å²) in [6.07, 6.45) is 0. The van der Waals surface area contributed by atoms with Crippen LogP contribution in [0.3, 0.4) is 0 Å². The van der Waals surface area contributed by atoms with Crippen LogP contribution in [-0.2, 0) is 17.8 Å². The molecule has 1 aliphatic rings. The number of benzene rings is 2. The normalized spacial score (nSPS) is 12.5. The van der Waals surface area contributed by atoms with Crippen molar-refractivity contribution in [2.75, 3.05) is 12.4 Å². The van der Waals surface area contributed by atoms with Gasteiger partial charge in [0.1, 0.15) is 0 Å². The Hall–Kier alpha value is -2.53. The second kappa shape index (κ2) is 6.30. The van der Waals surface area contributed by atoms with Crippen molar-refractivity contribution in [3.8, 4) is 0 Å². The molecular weight excluding hydrogens is 316 g/mol. The number of ether oxygens (including phenoxy) is 1. The lowest BCUT2D eigenvalue weighted by Gasteiger charge is -2.10. The van der Waals surface area contributed by atoms with Gasteiger partial charge >= 0.3 is 5.97 Å². The van der Waals surface area contributed by atoms with Crippen LogP contribution in [0, 0.1) is 0 Å². The molecule has 23 heavy (non-hydrogen) atoms. The van der Waals surface area contributed by atoms with Crippen molar-refractivity contribution in [3.05, 3.63) is 63.7 Å². The van der Waals surface area contributed by atoms with Crippen molar-refractivity contribution >= 4 is 29.2 Å². The second-order valence-corrected chi connectivity index (χ2v) is 5.61. The first-order valence-corrected chi connectivity index (χ1v) is 7.48. The molecule has 0 unspecified atom stereocenters. The molecule has 1 aliphatic heterocycles. The Morgan fingerprint density at radius 1 is 1.30 bits per heavy atom. The maximum atomic E-state index is 11.7. The quantitative estimate of drug-likeness (QED) is 0.846. The molecule has 0 atom stereocenters. The highest BCUT2D eigenvalue weighted by atomic mass is 35.5. The second-order valence-electron chi connectivity index (χ2n) is 5.21. The van der Waals surface area contributed by atoms with E-state index in [9.17, 15) is 9.59 Å². The number of hydrogen-bond donors (Lipinski definition) is 2. The predicted molar refractivity (Wildman–Crippen MR) is 87.7 cm³/mol. The van der Waals surface area contributed by atoms with Gasteiger partial charge in [0.2, 0.25) is 0 Å². The van der Waals surface area contributed by atoms with Crippen LogP contribution in [0.1, 0.15) is 31.8 Å². The van der Waals surface area contributed by atoms with E-state index in [2.05, 4.69) is 10.6 Å². The third kappa shape index (κ3) is 3.14. The van der Waals surface area contributed by atoms with Gasteiger partial charge in [-0.1, -0.05) is 17.7 Å². The van der Waals surface area contributed by atoms with Crippen LogP contribution in [-0.4, -0.2) is 19.0 Å². The molecule has 0 fully saturated rings. The van der Waals surface area contributed by atoms with Crippen molar-refractivity contribution in [3.63, 3.8) is 0 Å². The molecule has 6 heteroatoms. The number of esters is 1. The minimum atomic E-state index is -0.405. The fourth-order valence-corrected chi connectivity index (χ4v) is 2.66. The largest absolute Gasteiger partial charge is 0.465 e. The van der Waals surface area contributed by atoms with E-state index in [0.29, 0.717) is 29.2 Å². The lowest BCUT2D eigenvalue weighted by Crippen LogP contribution is -2.12. The zero-order valence-electron chi connectivity index (χ0n) is 12.5. The molecular formula is C17H15ClN2O3. The van der Waals surface area contributed by atoms with Gasteiger partial charge in [-0.25, -0.2) is 4.79 Å². The Bertz CT molecular complexity index is 789. The van der Waals surface area contributed by atoms with E-state index >= 15 is 0 Å². The van der Waals surface area contributed by atoms with Crippen LogP contribution in [0.4, 0.5) is 5.69 Å². The van der Waals surface area contributed by atoms with Gasteiger partial charge < -0.3 is 15.4 Å². The number of fused-ring (bicyclic) bond motifs is 1. The van der Waals surface area contributed by atoms with Crippen molar-refractivity contribution in [2.45, 2.75) is 13.1 Å². The van der Waals surface area contributed by atoms with Crippen LogP contribution in [0.15, 0.2) is 36.4 Å². The molecule has 1 amide bonds. The average molecular weight is 331 g/mol. The van der Waals surface area contributed by atoms with E-state index in [1.54, 1.807) is 18.2 Å². The summed E-state index contributed by atoms with van der Waals surface area (Å²) in [6, 6.07) is 10.6. The molecule has 3 rings (SSSR count). The smallest absolute Gasteiger partial charge is 0.337 e. The Labute approximate surface area is 138 Å². The third-order valence-corrected chi connectivity index (χ3v) is 4.11. The number of nitrogens with one attached hydrogen (secondary N) is 2. The zero-order chi connectivity index (χ0) is 16.4. The third-order valence-electron chi connectivity index (χ3n) is 3.74. The molecule has 5 nitrogen and oxygen atoms in total. The molecule has 0 spiro atoms. The van der Waals surface area contributed by atoms with Crippen LogP contribution in [0.25, 0.3) is 0 Å². The molecule has 2 aromatic carbocycles. The summed E-state index contributed by atoms with van der Waals surface area (Å²) in [5, 5.41) is 6.56. The summed E-state index contributed by atoms with van der Waals surface area (Å²) in [7, 11) is 1.34. The summed E-state index contributed by atoms with van der Waals surface area (Å²) in [5.41, 5.74) is 3.72. The lowest BCUT2D eigenvalue weighted by molar-refractivity contribution is 0.0600. The Morgan fingerprint density at radius 2 is 2.13 bits per heavy atom.